The lowest BCUT2D eigenvalue weighted by atomic mass is 10.1. The molecule has 0 aliphatic carbocycles. The number of halogens is 2. The van der Waals surface area contributed by atoms with E-state index in [0.717, 1.165) is 38.5 Å². The van der Waals surface area contributed by atoms with Gasteiger partial charge in [0.2, 0.25) is 0 Å². The fraction of sp³-hybridized carbons (Fsp3) is 0.875. The Hall–Kier alpha value is 0.1000. The van der Waals surface area contributed by atoms with E-state index in [1.54, 1.807) is 0 Å². The summed E-state index contributed by atoms with van der Waals surface area (Å²) >= 11 is 6.61. The number of esters is 2. The molecular formula is C16H28Br2O3. The Bertz CT molecular complexity index is 267. The van der Waals surface area contributed by atoms with Gasteiger partial charge in [-0.2, -0.15) is 0 Å². The van der Waals surface area contributed by atoms with Gasteiger partial charge in [0.15, 0.2) is 0 Å². The molecule has 0 rings (SSSR count). The molecular weight excluding hydrogens is 400 g/mol. The standard InChI is InChI=1S/C16H28Br2O3/c1-3-5-7-9-11-13(17)15(19)21-16(20)14(18)12-10-8-6-4-2/h13-14H,3-12H2,1-2H3. The van der Waals surface area contributed by atoms with Crippen LogP contribution in [0.1, 0.15) is 78.1 Å². The molecule has 124 valence electrons. The van der Waals surface area contributed by atoms with Gasteiger partial charge in [-0.1, -0.05) is 97.1 Å². The maximum atomic E-state index is 11.8. The van der Waals surface area contributed by atoms with Gasteiger partial charge in [-0.15, -0.1) is 0 Å². The SMILES string of the molecule is CCCCCCC(Br)C(=O)OC(=O)C(Br)CCCCCC. The van der Waals surface area contributed by atoms with Crippen LogP contribution >= 0.6 is 31.9 Å². The van der Waals surface area contributed by atoms with Gasteiger partial charge in [0.25, 0.3) is 0 Å². The molecule has 0 fully saturated rings. The quantitative estimate of drug-likeness (QED) is 0.178. The zero-order valence-corrected chi connectivity index (χ0v) is 16.4. The van der Waals surface area contributed by atoms with Gasteiger partial charge in [-0.25, -0.2) is 0 Å². The summed E-state index contributed by atoms with van der Waals surface area (Å²) in [6.45, 7) is 4.30. The highest BCUT2D eigenvalue weighted by molar-refractivity contribution is 9.10. The van der Waals surface area contributed by atoms with Crippen LogP contribution in [-0.4, -0.2) is 21.6 Å². The maximum Gasteiger partial charge on any atom is 0.327 e. The van der Waals surface area contributed by atoms with E-state index < -0.39 is 11.9 Å². The van der Waals surface area contributed by atoms with Crippen molar-refractivity contribution in [2.75, 3.05) is 0 Å². The summed E-state index contributed by atoms with van der Waals surface area (Å²) < 4.78 is 4.92. The molecule has 0 bridgehead atoms. The van der Waals surface area contributed by atoms with E-state index in [1.165, 1.54) is 25.7 Å². The lowest BCUT2D eigenvalue weighted by Gasteiger charge is -2.11. The third-order valence-electron chi connectivity index (χ3n) is 3.33. The van der Waals surface area contributed by atoms with Crippen molar-refractivity contribution in [1.29, 1.82) is 0 Å². The number of carbonyl (C=O) groups is 2. The van der Waals surface area contributed by atoms with Crippen LogP contribution in [0.4, 0.5) is 0 Å². The minimum atomic E-state index is -0.463. The number of ether oxygens (including phenoxy) is 1. The molecule has 2 atom stereocenters. The summed E-state index contributed by atoms with van der Waals surface area (Å²) in [6.07, 6.45) is 10.3. The highest BCUT2D eigenvalue weighted by Crippen LogP contribution is 2.17. The van der Waals surface area contributed by atoms with E-state index in [1.807, 2.05) is 0 Å². The molecule has 0 radical (unpaired) electrons. The molecule has 0 saturated heterocycles. The van der Waals surface area contributed by atoms with Gasteiger partial charge in [0.1, 0.15) is 9.65 Å². The van der Waals surface area contributed by atoms with Gasteiger partial charge in [0, 0.05) is 0 Å². The van der Waals surface area contributed by atoms with Gasteiger partial charge in [-0.3, -0.25) is 9.59 Å². The Morgan fingerprint density at radius 1 is 0.762 bits per heavy atom. The molecule has 21 heavy (non-hydrogen) atoms. The third kappa shape index (κ3) is 11.3. The monoisotopic (exact) mass is 426 g/mol. The molecule has 0 spiro atoms. The second kappa shape index (κ2) is 13.7. The van der Waals surface area contributed by atoms with Crippen LogP contribution in [0.2, 0.25) is 0 Å². The van der Waals surface area contributed by atoms with Crippen molar-refractivity contribution in [3.8, 4) is 0 Å². The normalized spacial score (nSPS) is 13.7. The number of unbranched alkanes of at least 4 members (excludes halogenated alkanes) is 6. The number of rotatable bonds is 12. The zero-order chi connectivity index (χ0) is 16.1. The van der Waals surface area contributed by atoms with Crippen molar-refractivity contribution in [2.24, 2.45) is 0 Å². The predicted molar refractivity (Wildman–Crippen MR) is 94.0 cm³/mol. The first kappa shape index (κ1) is 21.1. The number of alkyl halides is 2. The van der Waals surface area contributed by atoms with Crippen LogP contribution in [0.3, 0.4) is 0 Å². The molecule has 0 amide bonds. The van der Waals surface area contributed by atoms with E-state index in [9.17, 15) is 9.59 Å². The van der Waals surface area contributed by atoms with Gasteiger partial charge >= 0.3 is 11.9 Å². The van der Waals surface area contributed by atoms with Gasteiger partial charge in [0.05, 0.1) is 0 Å². The van der Waals surface area contributed by atoms with Crippen molar-refractivity contribution in [2.45, 2.75) is 87.7 Å². The lowest BCUT2D eigenvalue weighted by Crippen LogP contribution is -2.26. The van der Waals surface area contributed by atoms with E-state index in [2.05, 4.69) is 45.7 Å². The molecule has 0 aliphatic heterocycles. The second-order valence-electron chi connectivity index (χ2n) is 5.37. The number of hydrogen-bond acceptors (Lipinski definition) is 3. The Morgan fingerprint density at radius 3 is 1.48 bits per heavy atom. The number of hydrogen-bond donors (Lipinski definition) is 0. The van der Waals surface area contributed by atoms with Gasteiger partial charge in [-0.05, 0) is 12.8 Å². The topological polar surface area (TPSA) is 43.4 Å². The first-order chi connectivity index (χ1) is 10.0. The van der Waals surface area contributed by atoms with Crippen LogP contribution in [0, 0.1) is 0 Å². The summed E-state index contributed by atoms with van der Waals surface area (Å²) in [7, 11) is 0. The second-order valence-corrected chi connectivity index (χ2v) is 7.58. The molecule has 5 heteroatoms. The summed E-state index contributed by atoms with van der Waals surface area (Å²) in [4.78, 5) is 22.8. The average Bonchev–Trinajstić information content (AvgIpc) is 2.47. The lowest BCUT2D eigenvalue weighted by molar-refractivity contribution is -0.158. The fourth-order valence-electron chi connectivity index (χ4n) is 1.96. The smallest absolute Gasteiger partial charge is 0.327 e. The molecule has 0 aromatic rings. The predicted octanol–water partition coefficient (Wildman–Crippen LogP) is 5.52. The Balaban J connectivity index is 3.87. The fourth-order valence-corrected chi connectivity index (χ4v) is 2.80. The summed E-state index contributed by atoms with van der Waals surface area (Å²) in [5.41, 5.74) is 0. The molecule has 0 aromatic carbocycles. The van der Waals surface area contributed by atoms with Crippen LogP contribution in [0.5, 0.6) is 0 Å². The minimum absolute atomic E-state index is 0.377. The molecule has 2 unspecified atom stereocenters. The van der Waals surface area contributed by atoms with Crippen molar-refractivity contribution in [1.82, 2.24) is 0 Å². The summed E-state index contributed by atoms with van der Waals surface area (Å²) in [6, 6.07) is 0. The van der Waals surface area contributed by atoms with Crippen LogP contribution < -0.4 is 0 Å². The van der Waals surface area contributed by atoms with Gasteiger partial charge < -0.3 is 4.74 Å². The van der Waals surface area contributed by atoms with Crippen molar-refractivity contribution < 1.29 is 14.3 Å². The zero-order valence-electron chi connectivity index (χ0n) is 13.2. The van der Waals surface area contributed by atoms with Crippen LogP contribution in [0.25, 0.3) is 0 Å². The first-order valence-electron chi connectivity index (χ1n) is 8.06. The van der Waals surface area contributed by atoms with Crippen LogP contribution in [0.15, 0.2) is 0 Å². The summed E-state index contributed by atoms with van der Waals surface area (Å²) in [5, 5.41) is 0. The van der Waals surface area contributed by atoms with Crippen LogP contribution in [-0.2, 0) is 14.3 Å². The van der Waals surface area contributed by atoms with E-state index in [-0.39, 0.29) is 9.65 Å². The molecule has 0 aliphatic rings. The van der Waals surface area contributed by atoms with Crippen molar-refractivity contribution >= 4 is 43.8 Å². The summed E-state index contributed by atoms with van der Waals surface area (Å²) in [5.74, 6) is -0.927. The molecule has 0 aromatic heterocycles. The highest BCUT2D eigenvalue weighted by Gasteiger charge is 2.23. The average molecular weight is 428 g/mol. The third-order valence-corrected chi connectivity index (χ3v) is 5.00. The Labute approximate surface area is 145 Å². The largest absolute Gasteiger partial charge is 0.391 e. The molecule has 0 saturated carbocycles. The first-order valence-corrected chi connectivity index (χ1v) is 9.89. The molecule has 0 heterocycles. The van der Waals surface area contributed by atoms with E-state index in [4.69, 9.17) is 4.74 Å². The number of carbonyl (C=O) groups excluding carboxylic acids is 2. The molecule has 3 nitrogen and oxygen atoms in total. The minimum Gasteiger partial charge on any atom is -0.391 e. The maximum absolute atomic E-state index is 11.8. The van der Waals surface area contributed by atoms with E-state index in [0.29, 0.717) is 0 Å². The van der Waals surface area contributed by atoms with Crippen molar-refractivity contribution in [3.63, 3.8) is 0 Å². The Kier molecular flexibility index (Phi) is 13.8. The molecule has 0 N–H and O–H groups in total. The highest BCUT2D eigenvalue weighted by atomic mass is 79.9. The van der Waals surface area contributed by atoms with E-state index >= 15 is 0 Å². The van der Waals surface area contributed by atoms with Crippen molar-refractivity contribution in [3.05, 3.63) is 0 Å². The Morgan fingerprint density at radius 2 is 1.14 bits per heavy atom.